The molecule has 1 N–H and O–H groups in total. The van der Waals surface area contributed by atoms with Gasteiger partial charge in [0.1, 0.15) is 0 Å². The van der Waals surface area contributed by atoms with Gasteiger partial charge in [0.05, 0.1) is 18.4 Å². The lowest BCUT2D eigenvalue weighted by molar-refractivity contribution is -0.139. The molecule has 0 aliphatic rings. The number of nitrogens with zero attached hydrogens (tertiary/aromatic N) is 1. The lowest BCUT2D eigenvalue weighted by Gasteiger charge is -2.21. The second-order valence-electron chi connectivity index (χ2n) is 4.63. The highest BCUT2D eigenvalue weighted by Gasteiger charge is 2.21. The summed E-state index contributed by atoms with van der Waals surface area (Å²) in [5.74, 6) is -1.32. The first-order chi connectivity index (χ1) is 9.16. The van der Waals surface area contributed by atoms with Gasteiger partial charge in [0.15, 0.2) is 0 Å². The molecule has 0 spiro atoms. The summed E-state index contributed by atoms with van der Waals surface area (Å²) in [6.07, 6.45) is 3.30. The van der Waals surface area contributed by atoms with Crippen LogP contribution in [0.15, 0.2) is 53.3 Å². The van der Waals surface area contributed by atoms with Crippen LogP contribution in [0.25, 0.3) is 0 Å². The third-order valence-corrected chi connectivity index (χ3v) is 3.03. The van der Waals surface area contributed by atoms with Crippen LogP contribution in [-0.4, -0.2) is 29.6 Å². The number of carbonyl (C=O) groups is 1. The van der Waals surface area contributed by atoms with Crippen LogP contribution in [0.2, 0.25) is 0 Å². The molecule has 19 heavy (non-hydrogen) atoms. The zero-order valence-electron chi connectivity index (χ0n) is 10.8. The molecule has 1 unspecified atom stereocenters. The number of furan rings is 1. The molecule has 0 aliphatic heterocycles. The Hall–Kier alpha value is -2.07. The Bertz CT molecular complexity index is 507. The smallest absolute Gasteiger partial charge is 0.312 e. The number of carboxylic acid groups (broad SMARTS) is 1. The fourth-order valence-electron chi connectivity index (χ4n) is 2.08. The summed E-state index contributed by atoms with van der Waals surface area (Å²) in [5.41, 5.74) is 1.87. The molecular formula is C15H17NO3. The van der Waals surface area contributed by atoms with E-state index in [4.69, 9.17) is 4.42 Å². The van der Waals surface area contributed by atoms with Gasteiger partial charge in [0.25, 0.3) is 0 Å². The maximum Gasteiger partial charge on any atom is 0.312 e. The number of carboxylic acids is 1. The van der Waals surface area contributed by atoms with E-state index in [-0.39, 0.29) is 0 Å². The van der Waals surface area contributed by atoms with Crippen molar-refractivity contribution in [1.82, 2.24) is 4.90 Å². The molecule has 0 radical (unpaired) electrons. The molecule has 0 saturated carbocycles. The Morgan fingerprint density at radius 1 is 1.32 bits per heavy atom. The maximum atomic E-state index is 11.4. The zero-order chi connectivity index (χ0) is 13.7. The Kier molecular flexibility index (Phi) is 4.36. The van der Waals surface area contributed by atoms with Crippen LogP contribution in [-0.2, 0) is 11.3 Å². The summed E-state index contributed by atoms with van der Waals surface area (Å²) in [7, 11) is 1.91. The molecular weight excluding hydrogens is 242 g/mol. The molecule has 4 heteroatoms. The van der Waals surface area contributed by atoms with E-state index in [1.165, 1.54) is 0 Å². The van der Waals surface area contributed by atoms with Gasteiger partial charge in [-0.3, -0.25) is 4.79 Å². The van der Waals surface area contributed by atoms with Crippen molar-refractivity contribution in [1.29, 1.82) is 0 Å². The van der Waals surface area contributed by atoms with Crippen LogP contribution in [0.3, 0.4) is 0 Å². The average molecular weight is 259 g/mol. The van der Waals surface area contributed by atoms with Gasteiger partial charge in [0.2, 0.25) is 0 Å². The first kappa shape index (κ1) is 13.4. The third-order valence-electron chi connectivity index (χ3n) is 3.03. The van der Waals surface area contributed by atoms with E-state index in [1.54, 1.807) is 12.5 Å². The van der Waals surface area contributed by atoms with Gasteiger partial charge in [-0.2, -0.15) is 0 Å². The number of rotatable bonds is 6. The van der Waals surface area contributed by atoms with Crippen molar-refractivity contribution in [3.05, 3.63) is 60.1 Å². The molecule has 1 atom stereocenters. The van der Waals surface area contributed by atoms with Crippen molar-refractivity contribution >= 4 is 5.97 Å². The fourth-order valence-corrected chi connectivity index (χ4v) is 2.08. The maximum absolute atomic E-state index is 11.4. The third kappa shape index (κ3) is 3.69. The van der Waals surface area contributed by atoms with Crippen molar-refractivity contribution in [3.63, 3.8) is 0 Å². The van der Waals surface area contributed by atoms with Crippen molar-refractivity contribution < 1.29 is 14.3 Å². The largest absolute Gasteiger partial charge is 0.481 e. The van der Waals surface area contributed by atoms with Crippen LogP contribution < -0.4 is 0 Å². The van der Waals surface area contributed by atoms with Crippen LogP contribution >= 0.6 is 0 Å². The highest BCUT2D eigenvalue weighted by molar-refractivity contribution is 5.76. The second-order valence-corrected chi connectivity index (χ2v) is 4.63. The lowest BCUT2D eigenvalue weighted by Crippen LogP contribution is -2.28. The van der Waals surface area contributed by atoms with Crippen LogP contribution in [0.5, 0.6) is 0 Å². The van der Waals surface area contributed by atoms with Crippen LogP contribution in [0.4, 0.5) is 0 Å². The van der Waals surface area contributed by atoms with E-state index < -0.39 is 11.9 Å². The summed E-state index contributed by atoms with van der Waals surface area (Å²) >= 11 is 0. The van der Waals surface area contributed by atoms with Gasteiger partial charge in [-0.05, 0) is 18.7 Å². The van der Waals surface area contributed by atoms with Crippen molar-refractivity contribution in [2.45, 2.75) is 12.5 Å². The summed E-state index contributed by atoms with van der Waals surface area (Å²) in [6, 6.07) is 11.2. The van der Waals surface area contributed by atoms with E-state index >= 15 is 0 Å². The summed E-state index contributed by atoms with van der Waals surface area (Å²) < 4.78 is 5.01. The number of hydrogen-bond donors (Lipinski definition) is 1. The number of aliphatic carboxylic acids is 1. The van der Waals surface area contributed by atoms with Crippen LogP contribution in [0.1, 0.15) is 17.0 Å². The molecule has 100 valence electrons. The zero-order valence-corrected chi connectivity index (χ0v) is 10.8. The highest BCUT2D eigenvalue weighted by atomic mass is 16.4. The number of hydrogen-bond acceptors (Lipinski definition) is 3. The van der Waals surface area contributed by atoms with Crippen molar-refractivity contribution in [2.75, 3.05) is 13.6 Å². The van der Waals surface area contributed by atoms with E-state index in [9.17, 15) is 9.90 Å². The predicted octanol–water partition coefficient (Wildman–Crippen LogP) is 2.58. The minimum atomic E-state index is -0.801. The molecule has 4 nitrogen and oxygen atoms in total. The van der Waals surface area contributed by atoms with Gasteiger partial charge < -0.3 is 14.4 Å². The molecule has 2 aromatic rings. The highest BCUT2D eigenvalue weighted by Crippen LogP contribution is 2.18. The number of benzene rings is 1. The van der Waals surface area contributed by atoms with Gasteiger partial charge in [-0.1, -0.05) is 30.3 Å². The normalized spacial score (nSPS) is 12.5. The molecule has 0 aliphatic carbocycles. The molecule has 0 amide bonds. The summed E-state index contributed by atoms with van der Waals surface area (Å²) in [5, 5.41) is 9.36. The minimum absolute atomic E-state index is 0.463. The van der Waals surface area contributed by atoms with E-state index in [1.807, 2.05) is 48.3 Å². The lowest BCUT2D eigenvalue weighted by atomic mass is 9.99. The van der Waals surface area contributed by atoms with Crippen molar-refractivity contribution in [2.24, 2.45) is 0 Å². The quantitative estimate of drug-likeness (QED) is 0.866. The predicted molar refractivity (Wildman–Crippen MR) is 71.9 cm³/mol. The number of likely N-dealkylation sites (N-methyl/N-ethyl adjacent to an activating group) is 1. The van der Waals surface area contributed by atoms with E-state index in [0.717, 1.165) is 11.1 Å². The van der Waals surface area contributed by atoms with Gasteiger partial charge >= 0.3 is 5.97 Å². The SMILES string of the molecule is CN(Cc1ccoc1)CC(C(=O)O)c1ccccc1. The summed E-state index contributed by atoms with van der Waals surface area (Å²) in [6.45, 7) is 1.14. The molecule has 2 rings (SSSR count). The Morgan fingerprint density at radius 3 is 2.63 bits per heavy atom. The van der Waals surface area contributed by atoms with Gasteiger partial charge in [-0.15, -0.1) is 0 Å². The fraction of sp³-hybridized carbons (Fsp3) is 0.267. The monoisotopic (exact) mass is 259 g/mol. The molecule has 1 aromatic carbocycles. The second kappa shape index (κ2) is 6.20. The first-order valence-corrected chi connectivity index (χ1v) is 6.14. The Morgan fingerprint density at radius 2 is 2.05 bits per heavy atom. The van der Waals surface area contributed by atoms with E-state index in [0.29, 0.717) is 13.1 Å². The van der Waals surface area contributed by atoms with Crippen molar-refractivity contribution in [3.8, 4) is 0 Å². The van der Waals surface area contributed by atoms with Gasteiger partial charge in [0, 0.05) is 18.7 Å². The standard InChI is InChI=1S/C15H17NO3/c1-16(9-12-7-8-19-11-12)10-14(15(17)18)13-5-3-2-4-6-13/h2-8,11,14H,9-10H2,1H3,(H,17,18). The molecule has 1 heterocycles. The van der Waals surface area contributed by atoms with Gasteiger partial charge in [-0.25, -0.2) is 0 Å². The average Bonchev–Trinajstić information content (AvgIpc) is 2.89. The molecule has 0 saturated heterocycles. The minimum Gasteiger partial charge on any atom is -0.481 e. The Labute approximate surface area is 112 Å². The summed E-state index contributed by atoms with van der Waals surface area (Å²) in [4.78, 5) is 13.4. The topological polar surface area (TPSA) is 53.7 Å². The first-order valence-electron chi connectivity index (χ1n) is 6.14. The van der Waals surface area contributed by atoms with Crippen LogP contribution in [0, 0.1) is 0 Å². The Balaban J connectivity index is 2.03. The molecule has 0 fully saturated rings. The molecule has 0 bridgehead atoms. The molecule has 1 aromatic heterocycles. The van der Waals surface area contributed by atoms with E-state index in [2.05, 4.69) is 0 Å².